The van der Waals surface area contributed by atoms with Gasteiger partial charge in [0.2, 0.25) is 5.91 Å². The van der Waals surface area contributed by atoms with E-state index in [4.69, 9.17) is 9.47 Å². The number of hydrogen-bond acceptors (Lipinski definition) is 10. The van der Waals surface area contributed by atoms with Gasteiger partial charge in [-0.15, -0.1) is 11.3 Å². The fourth-order valence-corrected chi connectivity index (χ4v) is 7.92. The van der Waals surface area contributed by atoms with Crippen molar-refractivity contribution < 1.29 is 37.8 Å². The van der Waals surface area contributed by atoms with Crippen LogP contribution in [-0.2, 0) is 35.1 Å². The summed E-state index contributed by atoms with van der Waals surface area (Å²) in [5, 5.41) is 4.99. The van der Waals surface area contributed by atoms with Crippen molar-refractivity contribution >= 4 is 47.2 Å². The number of likely N-dealkylation sites (N-methyl/N-ethyl adjacent to an activating group) is 2. The van der Waals surface area contributed by atoms with Crippen molar-refractivity contribution in [2.24, 2.45) is 16.8 Å². The van der Waals surface area contributed by atoms with E-state index in [0.717, 1.165) is 36.3 Å². The Balaban J connectivity index is 1.56. The van der Waals surface area contributed by atoms with Gasteiger partial charge in [0, 0.05) is 44.1 Å². The average molecular weight is 792 g/mol. The van der Waals surface area contributed by atoms with Crippen LogP contribution in [0.4, 0.5) is 4.39 Å². The maximum atomic E-state index is 14.3. The van der Waals surface area contributed by atoms with Crippen molar-refractivity contribution in [1.29, 1.82) is 0 Å². The quantitative estimate of drug-likeness (QED) is 0.125. The highest BCUT2D eigenvalue weighted by Crippen LogP contribution is 2.32. The molecule has 0 aliphatic carbocycles. The molecule has 0 radical (unpaired) electrons. The Labute approximate surface area is 332 Å². The fraction of sp³-hybridized carbons (Fsp3) is 0.500. The molecule has 0 spiro atoms. The van der Waals surface area contributed by atoms with E-state index in [1.54, 1.807) is 24.3 Å². The molecule has 3 amide bonds. The van der Waals surface area contributed by atoms with Gasteiger partial charge in [-0.3, -0.25) is 28.9 Å². The standard InChI is InChI=1S/C42H54FN5O7S/c1-26(2)36(48(6)41(52)33(30-16-18-31(43)19-17-30)24-44-39(51)35-15-11-12-20-47(35)5)23-37(55-28(4)49)40-46-34(25-56-40)38(50)45-32(21-27(3)42(53)54-7)22-29-13-9-8-10-14-29/h8-10,13-14,16-19,24-27,32-33,35-37H,11-12,15,20-23H2,1-7H3,(H,45,50)/t27-,32+,33?,35+,36+,37+/m0/s1. The molecule has 4 rings (SSSR count). The summed E-state index contributed by atoms with van der Waals surface area (Å²) < 4.78 is 24.7. The Kier molecular flexibility index (Phi) is 16.4. The Morgan fingerprint density at radius 2 is 1.75 bits per heavy atom. The maximum absolute atomic E-state index is 14.3. The van der Waals surface area contributed by atoms with Crippen LogP contribution < -0.4 is 5.32 Å². The van der Waals surface area contributed by atoms with Gasteiger partial charge in [0.05, 0.1) is 25.0 Å². The molecule has 1 aliphatic heterocycles. The Morgan fingerprint density at radius 1 is 1.05 bits per heavy atom. The molecular weight excluding hydrogens is 738 g/mol. The van der Waals surface area contributed by atoms with Crippen molar-refractivity contribution in [3.05, 3.63) is 87.6 Å². The Bertz CT molecular complexity index is 1820. The van der Waals surface area contributed by atoms with Crippen LogP contribution in [0, 0.1) is 17.7 Å². The van der Waals surface area contributed by atoms with Crippen molar-refractivity contribution in [3.8, 4) is 0 Å². The first-order valence-corrected chi connectivity index (χ1v) is 19.9. The predicted molar refractivity (Wildman–Crippen MR) is 213 cm³/mol. The van der Waals surface area contributed by atoms with Gasteiger partial charge in [0.15, 0.2) is 6.10 Å². The molecule has 14 heteroatoms. The van der Waals surface area contributed by atoms with Crippen molar-refractivity contribution in [2.45, 2.75) is 96.4 Å². The summed E-state index contributed by atoms with van der Waals surface area (Å²) in [6.45, 7) is 7.69. The zero-order valence-corrected chi connectivity index (χ0v) is 34.1. The second-order valence-corrected chi connectivity index (χ2v) is 15.7. The first-order chi connectivity index (χ1) is 26.7. The highest BCUT2D eigenvalue weighted by Gasteiger charge is 2.34. The number of amides is 3. The third-order valence-electron chi connectivity index (χ3n) is 10.2. The maximum Gasteiger partial charge on any atom is 0.308 e. The molecule has 2 heterocycles. The van der Waals surface area contributed by atoms with Crippen LogP contribution in [0.1, 0.15) is 98.4 Å². The van der Waals surface area contributed by atoms with Crippen LogP contribution in [0.3, 0.4) is 0 Å². The molecule has 1 saturated heterocycles. The van der Waals surface area contributed by atoms with E-state index >= 15 is 0 Å². The number of ether oxygens (including phenoxy) is 2. The molecule has 1 fully saturated rings. The van der Waals surface area contributed by atoms with Crippen LogP contribution in [0.15, 0.2) is 65.0 Å². The normalized spacial score (nSPS) is 17.4. The minimum atomic E-state index is -0.993. The largest absolute Gasteiger partial charge is 0.469 e. The molecular formula is C42H54FN5O7S. The molecule has 0 saturated carbocycles. The minimum absolute atomic E-state index is 0.123. The molecule has 0 bridgehead atoms. The number of rotatable bonds is 17. The summed E-state index contributed by atoms with van der Waals surface area (Å²) in [6.07, 6.45) is 4.01. The number of aromatic nitrogens is 1. The van der Waals surface area contributed by atoms with Gasteiger partial charge in [0.1, 0.15) is 16.5 Å². The van der Waals surface area contributed by atoms with E-state index in [-0.39, 0.29) is 41.9 Å². The number of piperidine rings is 1. The molecule has 1 aromatic heterocycles. The topological polar surface area (TPSA) is 148 Å². The number of nitrogens with zero attached hydrogens (tertiary/aromatic N) is 4. The molecule has 56 heavy (non-hydrogen) atoms. The lowest BCUT2D eigenvalue weighted by Gasteiger charge is -2.35. The van der Waals surface area contributed by atoms with Crippen molar-refractivity contribution in [2.75, 3.05) is 27.7 Å². The molecule has 6 atom stereocenters. The lowest BCUT2D eigenvalue weighted by Crippen LogP contribution is -2.44. The van der Waals surface area contributed by atoms with Gasteiger partial charge >= 0.3 is 11.9 Å². The number of carbonyl (C=O) groups is 5. The van der Waals surface area contributed by atoms with Crippen LogP contribution in [-0.4, -0.2) is 96.5 Å². The zero-order chi connectivity index (χ0) is 40.9. The number of esters is 2. The van der Waals surface area contributed by atoms with Gasteiger partial charge in [-0.1, -0.05) is 69.7 Å². The summed E-state index contributed by atoms with van der Waals surface area (Å²) in [5.41, 5.74) is 1.58. The first-order valence-electron chi connectivity index (χ1n) is 19.0. The summed E-state index contributed by atoms with van der Waals surface area (Å²) in [6, 6.07) is 13.9. The number of benzene rings is 2. The van der Waals surface area contributed by atoms with E-state index < -0.39 is 47.7 Å². The lowest BCUT2D eigenvalue weighted by atomic mass is 9.93. The van der Waals surface area contributed by atoms with E-state index in [2.05, 4.69) is 15.3 Å². The summed E-state index contributed by atoms with van der Waals surface area (Å²) >= 11 is 1.16. The van der Waals surface area contributed by atoms with E-state index in [1.807, 2.05) is 56.1 Å². The minimum Gasteiger partial charge on any atom is -0.469 e. The zero-order valence-electron chi connectivity index (χ0n) is 33.3. The molecule has 2 aromatic carbocycles. The molecule has 1 N–H and O–H groups in total. The number of nitrogens with one attached hydrogen (secondary N) is 1. The van der Waals surface area contributed by atoms with Crippen LogP contribution in [0.2, 0.25) is 0 Å². The van der Waals surface area contributed by atoms with Gasteiger partial charge in [-0.25, -0.2) is 14.4 Å². The fourth-order valence-electron chi connectivity index (χ4n) is 7.08. The number of aliphatic imine (C=N–C) groups is 1. The number of likely N-dealkylation sites (tertiary alicyclic amines) is 1. The monoisotopic (exact) mass is 791 g/mol. The van der Waals surface area contributed by atoms with Gasteiger partial charge in [-0.2, -0.15) is 0 Å². The molecule has 302 valence electrons. The molecule has 1 unspecified atom stereocenters. The number of thiazole rings is 1. The Morgan fingerprint density at radius 3 is 2.38 bits per heavy atom. The number of halogens is 1. The first kappa shape index (κ1) is 43.9. The number of carbonyl (C=O) groups excluding carboxylic acids is 5. The second-order valence-electron chi connectivity index (χ2n) is 14.8. The number of methoxy groups -OCH3 is 1. The molecule has 12 nitrogen and oxygen atoms in total. The summed E-state index contributed by atoms with van der Waals surface area (Å²) in [7, 11) is 4.85. The lowest BCUT2D eigenvalue weighted by molar-refractivity contribution is -0.148. The highest BCUT2D eigenvalue weighted by atomic mass is 32.1. The number of hydrogen-bond donors (Lipinski definition) is 1. The van der Waals surface area contributed by atoms with E-state index in [1.165, 1.54) is 44.5 Å². The smallest absolute Gasteiger partial charge is 0.308 e. The third-order valence-corrected chi connectivity index (χ3v) is 11.1. The van der Waals surface area contributed by atoms with Crippen LogP contribution >= 0.6 is 11.3 Å². The Hall–Kier alpha value is -4.82. The van der Waals surface area contributed by atoms with Gasteiger partial charge in [-0.05, 0) is 68.5 Å². The molecule has 3 aromatic rings. The van der Waals surface area contributed by atoms with Crippen LogP contribution in [0.25, 0.3) is 0 Å². The SMILES string of the molecule is COC(=O)[C@@H](C)C[C@H](Cc1ccccc1)NC(=O)c1csc([C@@H](C[C@H](C(C)C)N(C)C(=O)C(C=NC(=O)[C@H]2CCCCN2C)c2ccc(F)cc2)OC(C)=O)n1. The van der Waals surface area contributed by atoms with Crippen LogP contribution in [0.5, 0.6) is 0 Å². The second kappa shape index (κ2) is 20.9. The molecule has 1 aliphatic rings. The highest BCUT2D eigenvalue weighted by molar-refractivity contribution is 7.09. The third kappa shape index (κ3) is 12.3. The van der Waals surface area contributed by atoms with Gasteiger partial charge in [0.25, 0.3) is 11.8 Å². The van der Waals surface area contributed by atoms with Crippen molar-refractivity contribution in [1.82, 2.24) is 20.1 Å². The van der Waals surface area contributed by atoms with Gasteiger partial charge < -0.3 is 19.7 Å². The van der Waals surface area contributed by atoms with Crippen molar-refractivity contribution in [3.63, 3.8) is 0 Å². The predicted octanol–water partition coefficient (Wildman–Crippen LogP) is 6.17. The van der Waals surface area contributed by atoms with E-state index in [9.17, 15) is 28.4 Å². The summed E-state index contributed by atoms with van der Waals surface area (Å²) in [5.74, 6) is -4.16. The summed E-state index contributed by atoms with van der Waals surface area (Å²) in [4.78, 5) is 78.2. The average Bonchev–Trinajstić information content (AvgIpc) is 3.67. The van der Waals surface area contributed by atoms with E-state index in [0.29, 0.717) is 29.8 Å².